The van der Waals surface area contributed by atoms with Gasteiger partial charge in [-0.2, -0.15) is 0 Å². The van der Waals surface area contributed by atoms with Gasteiger partial charge in [0.2, 0.25) is 0 Å². The van der Waals surface area contributed by atoms with Crippen LogP contribution in [0.25, 0.3) is 0 Å². The van der Waals surface area contributed by atoms with Crippen molar-refractivity contribution in [1.82, 2.24) is 0 Å². The van der Waals surface area contributed by atoms with Crippen LogP contribution in [0.3, 0.4) is 0 Å². The summed E-state index contributed by atoms with van der Waals surface area (Å²) in [4.78, 5) is 11.6. The van der Waals surface area contributed by atoms with E-state index in [9.17, 15) is 4.79 Å². The highest BCUT2D eigenvalue weighted by atomic mass is 16.1. The van der Waals surface area contributed by atoms with E-state index in [-0.39, 0.29) is 11.7 Å². The topological polar surface area (TPSA) is 17.1 Å². The molecule has 1 unspecified atom stereocenters. The highest BCUT2D eigenvalue weighted by Crippen LogP contribution is 2.10. The number of rotatable bonds is 10. The minimum absolute atomic E-state index is 0.136. The molecule has 0 aliphatic carbocycles. The number of carbonyl (C=O) groups is 1. The first kappa shape index (κ1) is 15.4. The fraction of sp³-hybridized carbons (Fsp3) is 0.733. The van der Waals surface area contributed by atoms with Gasteiger partial charge < -0.3 is 0 Å². The Bertz CT molecular complexity index is 190. The molecule has 0 rings (SSSR count). The molecule has 0 N–H and O–H groups in total. The zero-order valence-electron chi connectivity index (χ0n) is 11.0. The lowest BCUT2D eigenvalue weighted by Crippen LogP contribution is -2.09. The average molecular weight is 223 g/mol. The molecule has 0 saturated heterocycles. The van der Waals surface area contributed by atoms with Crippen molar-refractivity contribution in [2.75, 3.05) is 0 Å². The highest BCUT2D eigenvalue weighted by molar-refractivity contribution is 5.91. The molecule has 1 heteroatoms. The molecule has 0 aliphatic rings. The standard InChI is InChI=1S/C15H27O/c1-4-7-8-9-10-11-12-13-15(16)14(5-2)6-3/h12-14H,2,4-11H2,1,3H3/b13-12+. The molecule has 0 aromatic carbocycles. The molecular weight excluding hydrogens is 196 g/mol. The SMILES string of the molecule is [CH2]CC(CC)C(=O)/C=C/CCCCCCC. The lowest BCUT2D eigenvalue weighted by molar-refractivity contribution is -0.118. The van der Waals surface area contributed by atoms with Gasteiger partial charge in [-0.25, -0.2) is 0 Å². The molecule has 0 saturated carbocycles. The van der Waals surface area contributed by atoms with Gasteiger partial charge in [0.25, 0.3) is 0 Å². The Balaban J connectivity index is 3.55. The highest BCUT2D eigenvalue weighted by Gasteiger charge is 2.09. The Labute approximate surface area is 101 Å². The van der Waals surface area contributed by atoms with Gasteiger partial charge in [-0.05, 0) is 31.8 Å². The molecule has 0 fully saturated rings. The van der Waals surface area contributed by atoms with Gasteiger partial charge in [0.15, 0.2) is 5.78 Å². The predicted molar refractivity (Wildman–Crippen MR) is 71.3 cm³/mol. The zero-order valence-corrected chi connectivity index (χ0v) is 11.0. The van der Waals surface area contributed by atoms with Crippen LogP contribution in [0.2, 0.25) is 0 Å². The van der Waals surface area contributed by atoms with Crippen LogP contribution >= 0.6 is 0 Å². The van der Waals surface area contributed by atoms with E-state index in [0.717, 1.165) is 19.3 Å². The molecule has 16 heavy (non-hydrogen) atoms. The molecule has 1 atom stereocenters. The lowest BCUT2D eigenvalue weighted by atomic mass is 9.97. The van der Waals surface area contributed by atoms with E-state index in [0.29, 0.717) is 0 Å². The summed E-state index contributed by atoms with van der Waals surface area (Å²) in [6.07, 6.45) is 12.9. The molecule has 0 heterocycles. The van der Waals surface area contributed by atoms with Crippen molar-refractivity contribution >= 4 is 5.78 Å². The third kappa shape index (κ3) is 7.67. The minimum Gasteiger partial charge on any atom is -0.295 e. The van der Waals surface area contributed by atoms with Crippen LogP contribution in [0.5, 0.6) is 0 Å². The second-order valence-electron chi connectivity index (χ2n) is 4.40. The molecule has 1 radical (unpaired) electrons. The van der Waals surface area contributed by atoms with E-state index in [4.69, 9.17) is 0 Å². The van der Waals surface area contributed by atoms with Crippen LogP contribution in [-0.4, -0.2) is 5.78 Å². The number of ketones is 1. The monoisotopic (exact) mass is 223 g/mol. The smallest absolute Gasteiger partial charge is 0.158 e. The molecule has 0 bridgehead atoms. The molecule has 0 aliphatic heterocycles. The Morgan fingerprint density at radius 1 is 1.19 bits per heavy atom. The van der Waals surface area contributed by atoms with Gasteiger partial charge in [-0.15, -0.1) is 0 Å². The molecule has 0 aromatic heterocycles. The Morgan fingerprint density at radius 2 is 1.88 bits per heavy atom. The normalized spacial score (nSPS) is 11.5. The van der Waals surface area contributed by atoms with Crippen LogP contribution in [0.1, 0.15) is 65.2 Å². The van der Waals surface area contributed by atoms with Gasteiger partial charge in [0.1, 0.15) is 0 Å². The second kappa shape index (κ2) is 10.9. The summed E-state index contributed by atoms with van der Waals surface area (Å²) >= 11 is 0. The van der Waals surface area contributed by atoms with Gasteiger partial charge in [0.05, 0.1) is 0 Å². The van der Waals surface area contributed by atoms with Crippen molar-refractivity contribution in [3.8, 4) is 0 Å². The maximum Gasteiger partial charge on any atom is 0.158 e. The van der Waals surface area contributed by atoms with E-state index < -0.39 is 0 Å². The van der Waals surface area contributed by atoms with Crippen LogP contribution in [0, 0.1) is 12.8 Å². The molecule has 0 spiro atoms. The van der Waals surface area contributed by atoms with Crippen LogP contribution < -0.4 is 0 Å². The molecular formula is C15H27O. The molecule has 0 aromatic rings. The first-order valence-corrected chi connectivity index (χ1v) is 6.75. The number of carbonyl (C=O) groups excluding carboxylic acids is 1. The first-order chi connectivity index (χ1) is 7.76. The van der Waals surface area contributed by atoms with Crippen LogP contribution in [0.4, 0.5) is 0 Å². The van der Waals surface area contributed by atoms with Gasteiger partial charge in [0, 0.05) is 5.92 Å². The van der Waals surface area contributed by atoms with Gasteiger partial charge >= 0.3 is 0 Å². The van der Waals surface area contributed by atoms with Crippen molar-refractivity contribution < 1.29 is 4.79 Å². The second-order valence-corrected chi connectivity index (χ2v) is 4.40. The predicted octanol–water partition coefficient (Wildman–Crippen LogP) is 4.72. The van der Waals surface area contributed by atoms with E-state index in [1.54, 1.807) is 6.08 Å². The van der Waals surface area contributed by atoms with Gasteiger partial charge in [-0.1, -0.05) is 52.5 Å². The average Bonchev–Trinajstić information content (AvgIpc) is 2.29. The molecule has 0 amide bonds. The lowest BCUT2D eigenvalue weighted by Gasteiger charge is -2.06. The summed E-state index contributed by atoms with van der Waals surface area (Å²) in [7, 11) is 0. The third-order valence-corrected chi connectivity index (χ3v) is 3.00. The summed E-state index contributed by atoms with van der Waals surface area (Å²) < 4.78 is 0. The Hall–Kier alpha value is -0.590. The number of allylic oxidation sites excluding steroid dienone is 2. The van der Waals surface area contributed by atoms with Crippen molar-refractivity contribution in [2.45, 2.75) is 65.2 Å². The van der Waals surface area contributed by atoms with E-state index in [2.05, 4.69) is 13.8 Å². The van der Waals surface area contributed by atoms with Crippen LogP contribution in [-0.2, 0) is 4.79 Å². The maximum atomic E-state index is 11.6. The summed E-state index contributed by atoms with van der Waals surface area (Å²) in [5.41, 5.74) is 0. The zero-order chi connectivity index (χ0) is 12.2. The summed E-state index contributed by atoms with van der Waals surface area (Å²) in [6.45, 7) is 8.07. The summed E-state index contributed by atoms with van der Waals surface area (Å²) in [6, 6.07) is 0. The summed E-state index contributed by atoms with van der Waals surface area (Å²) in [5.74, 6) is 0.391. The third-order valence-electron chi connectivity index (χ3n) is 3.00. The first-order valence-electron chi connectivity index (χ1n) is 6.75. The fourth-order valence-corrected chi connectivity index (χ4v) is 1.75. The van der Waals surface area contributed by atoms with E-state index in [1.807, 2.05) is 13.0 Å². The van der Waals surface area contributed by atoms with Crippen LogP contribution in [0.15, 0.2) is 12.2 Å². The number of hydrogen-bond donors (Lipinski definition) is 0. The number of unbranched alkanes of at least 4 members (excludes halogenated alkanes) is 5. The fourth-order valence-electron chi connectivity index (χ4n) is 1.75. The quantitative estimate of drug-likeness (QED) is 0.387. The van der Waals surface area contributed by atoms with E-state index >= 15 is 0 Å². The van der Waals surface area contributed by atoms with E-state index in [1.165, 1.54) is 32.1 Å². The van der Waals surface area contributed by atoms with Crippen molar-refractivity contribution in [2.24, 2.45) is 5.92 Å². The molecule has 93 valence electrons. The molecule has 1 nitrogen and oxygen atoms in total. The van der Waals surface area contributed by atoms with Crippen molar-refractivity contribution in [3.05, 3.63) is 19.1 Å². The minimum atomic E-state index is 0.136. The number of hydrogen-bond acceptors (Lipinski definition) is 1. The largest absolute Gasteiger partial charge is 0.295 e. The Kier molecular flexibility index (Phi) is 10.5. The maximum absolute atomic E-state index is 11.6. The van der Waals surface area contributed by atoms with Crippen molar-refractivity contribution in [1.29, 1.82) is 0 Å². The van der Waals surface area contributed by atoms with Crippen molar-refractivity contribution in [3.63, 3.8) is 0 Å². The summed E-state index contributed by atoms with van der Waals surface area (Å²) in [5, 5.41) is 0. The van der Waals surface area contributed by atoms with Gasteiger partial charge in [-0.3, -0.25) is 4.79 Å². The Morgan fingerprint density at radius 3 is 2.44 bits per heavy atom.